The molecule has 0 radical (unpaired) electrons. The lowest BCUT2D eigenvalue weighted by Gasteiger charge is -2.09. The van der Waals surface area contributed by atoms with Crippen molar-refractivity contribution in [3.63, 3.8) is 0 Å². The van der Waals surface area contributed by atoms with Gasteiger partial charge in [0.2, 0.25) is 0 Å². The fraction of sp³-hybridized carbons (Fsp3) is 0.500. The van der Waals surface area contributed by atoms with E-state index >= 15 is 0 Å². The summed E-state index contributed by atoms with van der Waals surface area (Å²) in [6.45, 7) is 2.76. The van der Waals surface area contributed by atoms with Gasteiger partial charge < -0.3 is 10.4 Å². The highest BCUT2D eigenvalue weighted by molar-refractivity contribution is 9.10. The van der Waals surface area contributed by atoms with Gasteiger partial charge in [0.15, 0.2) is 0 Å². The van der Waals surface area contributed by atoms with Crippen LogP contribution in [-0.2, 0) is 0 Å². The van der Waals surface area contributed by atoms with Gasteiger partial charge in [-0.2, -0.15) is 0 Å². The Bertz CT molecular complexity index is 488. The molecule has 1 rings (SSSR count). The van der Waals surface area contributed by atoms with Crippen molar-refractivity contribution in [2.75, 3.05) is 6.54 Å². The fourth-order valence-electron chi connectivity index (χ4n) is 2.13. The Balaban J connectivity index is 2.46. The second-order valence-electron chi connectivity index (χ2n) is 4.99. The Morgan fingerprint density at radius 1 is 1.14 bits per heavy atom. The quantitative estimate of drug-likeness (QED) is 0.651. The van der Waals surface area contributed by atoms with Crippen molar-refractivity contribution >= 4 is 27.8 Å². The maximum absolute atomic E-state index is 12.1. The third kappa shape index (κ3) is 5.87. The van der Waals surface area contributed by atoms with Crippen LogP contribution in [0, 0.1) is 0 Å². The topological polar surface area (TPSA) is 66.4 Å². The third-order valence-corrected chi connectivity index (χ3v) is 3.95. The molecule has 0 saturated carbocycles. The van der Waals surface area contributed by atoms with Gasteiger partial charge in [0.25, 0.3) is 5.91 Å². The molecule has 0 aliphatic rings. The Kier molecular flexibility index (Phi) is 8.05. The predicted octanol–water partition coefficient (Wildman–Crippen LogP) is 4.24. The molecule has 0 aliphatic carbocycles. The maximum atomic E-state index is 12.1. The summed E-state index contributed by atoms with van der Waals surface area (Å²) < 4.78 is 0.419. The summed E-state index contributed by atoms with van der Waals surface area (Å²) in [6.07, 6.45) is 6.90. The first-order chi connectivity index (χ1) is 10.1. The van der Waals surface area contributed by atoms with Crippen LogP contribution in [0.5, 0.6) is 0 Å². The standard InChI is InChI=1S/C16H22BrNO3/c1-2-3-4-5-6-7-11-18-15(19)12-9-8-10-13(17)14(12)16(20)21/h8-10H,2-7,11H2,1H3,(H,18,19)(H,20,21). The number of halogens is 1. The molecule has 0 aromatic heterocycles. The molecule has 0 aliphatic heterocycles. The smallest absolute Gasteiger partial charge is 0.337 e. The number of carboxylic acid groups (broad SMARTS) is 1. The third-order valence-electron chi connectivity index (χ3n) is 3.29. The monoisotopic (exact) mass is 355 g/mol. The van der Waals surface area contributed by atoms with Crippen LogP contribution < -0.4 is 5.32 Å². The molecular weight excluding hydrogens is 334 g/mol. The first kappa shape index (κ1) is 17.7. The van der Waals surface area contributed by atoms with Crippen molar-refractivity contribution in [1.29, 1.82) is 0 Å². The van der Waals surface area contributed by atoms with E-state index in [2.05, 4.69) is 28.2 Å². The number of nitrogens with one attached hydrogen (secondary N) is 1. The van der Waals surface area contributed by atoms with Crippen molar-refractivity contribution in [3.8, 4) is 0 Å². The Morgan fingerprint density at radius 3 is 2.48 bits per heavy atom. The van der Waals surface area contributed by atoms with Crippen LogP contribution in [0.4, 0.5) is 0 Å². The minimum Gasteiger partial charge on any atom is -0.478 e. The highest BCUT2D eigenvalue weighted by atomic mass is 79.9. The second kappa shape index (κ2) is 9.55. The molecule has 4 nitrogen and oxygen atoms in total. The van der Waals surface area contributed by atoms with Crippen LogP contribution in [0.1, 0.15) is 66.2 Å². The lowest BCUT2D eigenvalue weighted by atomic mass is 10.1. The van der Waals surface area contributed by atoms with Crippen LogP contribution in [0.2, 0.25) is 0 Å². The summed E-state index contributed by atoms with van der Waals surface area (Å²) in [6, 6.07) is 4.81. The van der Waals surface area contributed by atoms with E-state index in [1.807, 2.05) is 0 Å². The van der Waals surface area contributed by atoms with Crippen LogP contribution in [0.25, 0.3) is 0 Å². The van der Waals surface area contributed by atoms with E-state index in [-0.39, 0.29) is 17.0 Å². The van der Waals surface area contributed by atoms with Gasteiger partial charge in [-0.15, -0.1) is 0 Å². The van der Waals surface area contributed by atoms with E-state index in [1.54, 1.807) is 12.1 Å². The summed E-state index contributed by atoms with van der Waals surface area (Å²) in [7, 11) is 0. The van der Waals surface area contributed by atoms with Crippen LogP contribution in [0.15, 0.2) is 22.7 Å². The Labute approximate surface area is 134 Å². The highest BCUT2D eigenvalue weighted by Crippen LogP contribution is 2.20. The predicted molar refractivity (Wildman–Crippen MR) is 86.8 cm³/mol. The van der Waals surface area contributed by atoms with Gasteiger partial charge in [-0.3, -0.25) is 4.79 Å². The Hall–Kier alpha value is -1.36. The van der Waals surface area contributed by atoms with Crippen LogP contribution >= 0.6 is 15.9 Å². The molecule has 0 unspecified atom stereocenters. The number of hydrogen-bond donors (Lipinski definition) is 2. The van der Waals surface area contributed by atoms with Gasteiger partial charge in [0.05, 0.1) is 11.1 Å². The molecule has 116 valence electrons. The Morgan fingerprint density at radius 2 is 1.81 bits per heavy atom. The number of hydrogen-bond acceptors (Lipinski definition) is 2. The first-order valence-corrected chi connectivity index (χ1v) is 8.17. The minimum absolute atomic E-state index is 0.0120. The minimum atomic E-state index is -1.10. The van der Waals surface area contributed by atoms with Gasteiger partial charge >= 0.3 is 5.97 Å². The summed E-state index contributed by atoms with van der Waals surface area (Å²) in [4.78, 5) is 23.3. The zero-order valence-corrected chi connectivity index (χ0v) is 13.9. The van der Waals surface area contributed by atoms with Crippen LogP contribution in [0.3, 0.4) is 0 Å². The number of carbonyl (C=O) groups excluding carboxylic acids is 1. The van der Waals surface area contributed by atoms with Crippen molar-refractivity contribution in [2.24, 2.45) is 0 Å². The molecule has 0 heterocycles. The molecule has 0 bridgehead atoms. The number of unbranched alkanes of at least 4 members (excludes halogenated alkanes) is 5. The molecule has 1 amide bonds. The molecule has 0 spiro atoms. The fourth-order valence-corrected chi connectivity index (χ4v) is 2.67. The lowest BCUT2D eigenvalue weighted by molar-refractivity contribution is 0.0690. The largest absolute Gasteiger partial charge is 0.478 e. The highest BCUT2D eigenvalue weighted by Gasteiger charge is 2.18. The van der Waals surface area contributed by atoms with Crippen molar-refractivity contribution in [3.05, 3.63) is 33.8 Å². The lowest BCUT2D eigenvalue weighted by Crippen LogP contribution is -2.26. The van der Waals surface area contributed by atoms with Gasteiger partial charge in [0.1, 0.15) is 0 Å². The first-order valence-electron chi connectivity index (χ1n) is 7.38. The van der Waals surface area contributed by atoms with Gasteiger partial charge in [-0.25, -0.2) is 4.79 Å². The number of amides is 1. The molecule has 21 heavy (non-hydrogen) atoms. The number of rotatable bonds is 9. The SMILES string of the molecule is CCCCCCCCNC(=O)c1cccc(Br)c1C(=O)O. The van der Waals surface area contributed by atoms with Crippen LogP contribution in [-0.4, -0.2) is 23.5 Å². The molecule has 1 aromatic carbocycles. The maximum Gasteiger partial charge on any atom is 0.337 e. The molecule has 0 atom stereocenters. The normalized spacial score (nSPS) is 10.4. The zero-order valence-electron chi connectivity index (χ0n) is 12.3. The van der Waals surface area contributed by atoms with Crippen molar-refractivity contribution < 1.29 is 14.7 Å². The molecule has 2 N–H and O–H groups in total. The van der Waals surface area contributed by atoms with E-state index in [0.29, 0.717) is 11.0 Å². The van der Waals surface area contributed by atoms with Gasteiger partial charge in [-0.05, 0) is 34.5 Å². The van der Waals surface area contributed by atoms with E-state index in [9.17, 15) is 14.7 Å². The molecule has 0 fully saturated rings. The molecule has 1 aromatic rings. The van der Waals surface area contributed by atoms with E-state index in [1.165, 1.54) is 31.7 Å². The average molecular weight is 356 g/mol. The van der Waals surface area contributed by atoms with Crippen molar-refractivity contribution in [2.45, 2.75) is 45.4 Å². The van der Waals surface area contributed by atoms with E-state index in [0.717, 1.165) is 12.8 Å². The number of aromatic carboxylic acids is 1. The summed E-state index contributed by atoms with van der Waals surface area (Å²) in [5.74, 6) is -1.44. The molecular formula is C16H22BrNO3. The van der Waals surface area contributed by atoms with E-state index < -0.39 is 5.97 Å². The van der Waals surface area contributed by atoms with Gasteiger partial charge in [-0.1, -0.05) is 45.1 Å². The van der Waals surface area contributed by atoms with Gasteiger partial charge in [0, 0.05) is 11.0 Å². The summed E-state index contributed by atoms with van der Waals surface area (Å²) >= 11 is 3.17. The summed E-state index contributed by atoms with van der Waals surface area (Å²) in [5, 5.41) is 12.0. The average Bonchev–Trinajstić information content (AvgIpc) is 2.45. The zero-order chi connectivity index (χ0) is 15.7. The number of carboxylic acids is 1. The second-order valence-corrected chi connectivity index (χ2v) is 5.85. The van der Waals surface area contributed by atoms with Crippen molar-refractivity contribution in [1.82, 2.24) is 5.32 Å². The summed E-state index contributed by atoms with van der Waals surface area (Å²) in [5.41, 5.74) is 0.209. The number of benzene rings is 1. The molecule has 0 saturated heterocycles. The molecule has 5 heteroatoms. The van der Waals surface area contributed by atoms with E-state index in [4.69, 9.17) is 0 Å². The number of carbonyl (C=O) groups is 2.